The fourth-order valence-electron chi connectivity index (χ4n) is 2.79. The Morgan fingerprint density at radius 1 is 1.00 bits per heavy atom. The highest BCUT2D eigenvalue weighted by Gasteiger charge is 2.12. The maximum Gasteiger partial charge on any atom is 0.0406 e. The van der Waals surface area contributed by atoms with Crippen LogP contribution >= 0.6 is 11.6 Å². The van der Waals surface area contributed by atoms with Crippen LogP contribution in [0.1, 0.15) is 22.3 Å². The van der Waals surface area contributed by atoms with Gasteiger partial charge < -0.3 is 5.32 Å². The number of hydrogen-bond donors (Lipinski definition) is 1. The Hall–Kier alpha value is -1.31. The highest BCUT2D eigenvalue weighted by atomic mass is 35.5. The molecule has 0 aliphatic carbocycles. The lowest BCUT2D eigenvalue weighted by molar-refractivity contribution is 0.492. The number of nitrogens with one attached hydrogen (secondary N) is 1. The molecule has 0 bridgehead atoms. The van der Waals surface area contributed by atoms with Crippen molar-refractivity contribution in [2.24, 2.45) is 5.92 Å². The van der Waals surface area contributed by atoms with Gasteiger partial charge in [-0.25, -0.2) is 0 Å². The first-order valence-corrected chi connectivity index (χ1v) is 7.91. The topological polar surface area (TPSA) is 12.0 Å². The molecule has 0 aliphatic rings. The molecule has 0 fully saturated rings. The second-order valence-electron chi connectivity index (χ2n) is 5.89. The third-order valence-electron chi connectivity index (χ3n) is 3.94. The summed E-state index contributed by atoms with van der Waals surface area (Å²) in [6.45, 7) is 5.39. The molecule has 0 radical (unpaired) electrons. The van der Waals surface area contributed by atoms with Gasteiger partial charge >= 0.3 is 0 Å². The molecule has 2 heteroatoms. The van der Waals surface area contributed by atoms with Crippen molar-refractivity contribution in [1.29, 1.82) is 0 Å². The first-order valence-electron chi connectivity index (χ1n) is 7.53. The molecule has 0 spiro atoms. The Morgan fingerprint density at radius 3 is 2.38 bits per heavy atom. The van der Waals surface area contributed by atoms with Gasteiger partial charge in [-0.05, 0) is 75.0 Å². The molecule has 2 rings (SSSR count). The average molecular weight is 302 g/mol. The van der Waals surface area contributed by atoms with E-state index in [2.05, 4.69) is 49.5 Å². The van der Waals surface area contributed by atoms with Gasteiger partial charge in [0, 0.05) is 5.02 Å². The van der Waals surface area contributed by atoms with Crippen LogP contribution in [0.4, 0.5) is 0 Å². The summed E-state index contributed by atoms with van der Waals surface area (Å²) < 4.78 is 0. The fourth-order valence-corrected chi connectivity index (χ4v) is 2.92. The normalized spacial score (nSPS) is 12.4. The van der Waals surface area contributed by atoms with Crippen LogP contribution in [0.25, 0.3) is 0 Å². The van der Waals surface area contributed by atoms with E-state index >= 15 is 0 Å². The van der Waals surface area contributed by atoms with Crippen LogP contribution in [0.5, 0.6) is 0 Å². The molecule has 1 unspecified atom stereocenters. The van der Waals surface area contributed by atoms with Crippen molar-refractivity contribution in [3.05, 3.63) is 69.7 Å². The molecule has 1 nitrogen and oxygen atoms in total. The molecular weight excluding hydrogens is 278 g/mol. The van der Waals surface area contributed by atoms with Crippen LogP contribution in [-0.4, -0.2) is 13.6 Å². The molecule has 2 aromatic rings. The lowest BCUT2D eigenvalue weighted by Crippen LogP contribution is -2.23. The second-order valence-corrected chi connectivity index (χ2v) is 6.32. The molecular formula is C19H24ClN. The van der Waals surface area contributed by atoms with Gasteiger partial charge in [0.2, 0.25) is 0 Å². The van der Waals surface area contributed by atoms with Crippen molar-refractivity contribution in [1.82, 2.24) is 5.32 Å². The van der Waals surface area contributed by atoms with Crippen LogP contribution in [0.3, 0.4) is 0 Å². The van der Waals surface area contributed by atoms with E-state index < -0.39 is 0 Å². The van der Waals surface area contributed by atoms with Gasteiger partial charge in [0.25, 0.3) is 0 Å². The van der Waals surface area contributed by atoms with Crippen molar-refractivity contribution in [2.45, 2.75) is 26.7 Å². The lowest BCUT2D eigenvalue weighted by atomic mass is 9.90. The van der Waals surface area contributed by atoms with E-state index in [0.717, 1.165) is 24.4 Å². The standard InChI is InChI=1S/C19H24ClN/c1-14-4-5-15(2)18(10-14)12-17(13-21-3)11-16-6-8-19(20)9-7-16/h4-10,17,21H,11-13H2,1-3H3. The first kappa shape index (κ1) is 16.1. The molecule has 0 aromatic heterocycles. The van der Waals surface area contributed by atoms with E-state index in [1.54, 1.807) is 0 Å². The number of hydrogen-bond acceptors (Lipinski definition) is 1. The van der Waals surface area contributed by atoms with Gasteiger partial charge in [0.1, 0.15) is 0 Å². The smallest absolute Gasteiger partial charge is 0.0406 e. The number of rotatable bonds is 6. The summed E-state index contributed by atoms with van der Waals surface area (Å²) in [6, 6.07) is 15.0. The van der Waals surface area contributed by atoms with Gasteiger partial charge in [-0.1, -0.05) is 47.5 Å². The third-order valence-corrected chi connectivity index (χ3v) is 4.20. The molecule has 0 saturated carbocycles. The second kappa shape index (κ2) is 7.63. The SMILES string of the molecule is CNCC(Cc1ccc(Cl)cc1)Cc1cc(C)ccc1C. The number of benzene rings is 2. The minimum Gasteiger partial charge on any atom is -0.319 e. The Kier molecular flexibility index (Phi) is 5.84. The molecule has 1 N–H and O–H groups in total. The maximum atomic E-state index is 5.96. The highest BCUT2D eigenvalue weighted by molar-refractivity contribution is 6.30. The van der Waals surface area contributed by atoms with E-state index in [9.17, 15) is 0 Å². The molecule has 2 aromatic carbocycles. The van der Waals surface area contributed by atoms with Crippen LogP contribution in [0, 0.1) is 19.8 Å². The molecule has 1 atom stereocenters. The third kappa shape index (κ3) is 4.87. The summed E-state index contributed by atoms with van der Waals surface area (Å²) in [5.41, 5.74) is 5.54. The predicted octanol–water partition coefficient (Wildman–Crippen LogP) is 4.58. The zero-order valence-corrected chi connectivity index (χ0v) is 13.9. The summed E-state index contributed by atoms with van der Waals surface area (Å²) in [5, 5.41) is 4.13. The maximum absolute atomic E-state index is 5.96. The van der Waals surface area contributed by atoms with E-state index in [1.807, 2.05) is 19.2 Å². The highest BCUT2D eigenvalue weighted by Crippen LogP contribution is 2.19. The van der Waals surface area contributed by atoms with Crippen molar-refractivity contribution < 1.29 is 0 Å². The minimum atomic E-state index is 0.594. The summed E-state index contributed by atoms with van der Waals surface area (Å²) in [4.78, 5) is 0. The summed E-state index contributed by atoms with van der Waals surface area (Å²) >= 11 is 5.96. The van der Waals surface area contributed by atoms with Crippen LogP contribution in [0.2, 0.25) is 5.02 Å². The zero-order chi connectivity index (χ0) is 15.2. The Labute approximate surface area is 133 Å². The zero-order valence-electron chi connectivity index (χ0n) is 13.1. The van der Waals surface area contributed by atoms with Crippen molar-refractivity contribution in [3.63, 3.8) is 0 Å². The molecule has 0 amide bonds. The van der Waals surface area contributed by atoms with Crippen molar-refractivity contribution >= 4 is 11.6 Å². The van der Waals surface area contributed by atoms with Gasteiger partial charge in [-0.3, -0.25) is 0 Å². The van der Waals surface area contributed by atoms with Crippen molar-refractivity contribution in [2.75, 3.05) is 13.6 Å². The molecule has 21 heavy (non-hydrogen) atoms. The predicted molar refractivity (Wildman–Crippen MR) is 92.2 cm³/mol. The van der Waals surface area contributed by atoms with E-state index in [4.69, 9.17) is 11.6 Å². The van der Waals surface area contributed by atoms with Gasteiger partial charge in [-0.15, -0.1) is 0 Å². The van der Waals surface area contributed by atoms with Crippen LogP contribution in [0.15, 0.2) is 42.5 Å². The average Bonchev–Trinajstić information content (AvgIpc) is 2.45. The summed E-state index contributed by atoms with van der Waals surface area (Å²) in [6.07, 6.45) is 2.18. The number of halogens is 1. The quantitative estimate of drug-likeness (QED) is 0.823. The monoisotopic (exact) mass is 301 g/mol. The van der Waals surface area contributed by atoms with E-state index in [0.29, 0.717) is 5.92 Å². The minimum absolute atomic E-state index is 0.594. The largest absolute Gasteiger partial charge is 0.319 e. The van der Waals surface area contributed by atoms with Gasteiger partial charge in [-0.2, -0.15) is 0 Å². The summed E-state index contributed by atoms with van der Waals surface area (Å²) in [7, 11) is 2.03. The first-order chi connectivity index (χ1) is 10.1. The van der Waals surface area contributed by atoms with Crippen LogP contribution in [-0.2, 0) is 12.8 Å². The lowest BCUT2D eigenvalue weighted by Gasteiger charge is -2.18. The van der Waals surface area contributed by atoms with E-state index in [1.165, 1.54) is 22.3 Å². The number of aryl methyl sites for hydroxylation is 2. The Balaban J connectivity index is 2.11. The van der Waals surface area contributed by atoms with Gasteiger partial charge in [0.15, 0.2) is 0 Å². The Bertz CT molecular complexity index is 575. The molecule has 0 heterocycles. The van der Waals surface area contributed by atoms with Crippen LogP contribution < -0.4 is 5.32 Å². The fraction of sp³-hybridized carbons (Fsp3) is 0.368. The molecule has 0 saturated heterocycles. The molecule has 0 aliphatic heterocycles. The van der Waals surface area contributed by atoms with E-state index in [-0.39, 0.29) is 0 Å². The summed E-state index contributed by atoms with van der Waals surface area (Å²) in [5.74, 6) is 0.594. The van der Waals surface area contributed by atoms with Gasteiger partial charge in [0.05, 0.1) is 0 Å². The molecule has 112 valence electrons. The van der Waals surface area contributed by atoms with Crippen molar-refractivity contribution in [3.8, 4) is 0 Å². The Morgan fingerprint density at radius 2 is 1.71 bits per heavy atom.